The summed E-state index contributed by atoms with van der Waals surface area (Å²) in [5, 5.41) is 7.99. The number of alkyl halides is 1. The van der Waals surface area contributed by atoms with Gasteiger partial charge >= 0.3 is 5.97 Å². The summed E-state index contributed by atoms with van der Waals surface area (Å²) in [5.41, 5.74) is -2.28. The predicted octanol–water partition coefficient (Wildman–Crippen LogP) is 0.985. The van der Waals surface area contributed by atoms with Crippen molar-refractivity contribution in [2.75, 3.05) is 0 Å². The summed E-state index contributed by atoms with van der Waals surface area (Å²) in [4.78, 5) is 9.81. The first-order valence-corrected chi connectivity index (χ1v) is 2.06. The van der Waals surface area contributed by atoms with Crippen LogP contribution in [0.5, 0.6) is 0 Å². The molecule has 46 valence electrons. The van der Waals surface area contributed by atoms with Crippen molar-refractivity contribution in [2.24, 2.45) is 0 Å². The normalized spacial score (nSPS) is 16.8. The maximum absolute atomic E-state index is 12.2. The summed E-state index contributed by atoms with van der Waals surface area (Å²) in [6, 6.07) is 0. The Morgan fingerprint density at radius 2 is 2.38 bits per heavy atom. The summed E-state index contributed by atoms with van der Waals surface area (Å²) >= 11 is 0. The Kier molecular flexibility index (Phi) is 1.73. The van der Waals surface area contributed by atoms with Gasteiger partial charge in [-0.15, -0.1) is 0 Å². The van der Waals surface area contributed by atoms with E-state index in [1.165, 1.54) is 0 Å². The molecule has 0 heterocycles. The maximum Gasteiger partial charge on any atom is 0.345 e. The summed E-state index contributed by atoms with van der Waals surface area (Å²) in [5.74, 6) is -1.51. The topological polar surface area (TPSA) is 37.3 Å². The molecule has 0 saturated heterocycles. The van der Waals surface area contributed by atoms with E-state index in [9.17, 15) is 9.18 Å². The molecule has 0 aromatic heterocycles. The SMILES string of the molecule is C=CC(C)(F)C(=O)O. The molecule has 0 aromatic rings. The lowest BCUT2D eigenvalue weighted by Gasteiger charge is -2.05. The third-order valence-electron chi connectivity index (χ3n) is 0.802. The van der Waals surface area contributed by atoms with Crippen molar-refractivity contribution in [1.29, 1.82) is 0 Å². The molecule has 1 unspecified atom stereocenters. The fourth-order valence-corrected chi connectivity index (χ4v) is 0.0873. The van der Waals surface area contributed by atoms with Crippen molar-refractivity contribution in [3.8, 4) is 0 Å². The number of carboxylic acid groups (broad SMARTS) is 1. The first-order valence-electron chi connectivity index (χ1n) is 2.06. The van der Waals surface area contributed by atoms with E-state index in [2.05, 4.69) is 6.58 Å². The lowest BCUT2D eigenvalue weighted by molar-refractivity contribution is -0.146. The maximum atomic E-state index is 12.2. The first kappa shape index (κ1) is 7.14. The van der Waals surface area contributed by atoms with E-state index >= 15 is 0 Å². The second kappa shape index (κ2) is 1.94. The molecule has 0 fully saturated rings. The molecule has 0 amide bonds. The molecule has 3 heteroatoms. The summed E-state index contributed by atoms with van der Waals surface area (Å²) in [6.45, 7) is 3.93. The Morgan fingerprint density at radius 1 is 2.00 bits per heavy atom. The molecule has 0 bridgehead atoms. The van der Waals surface area contributed by atoms with Gasteiger partial charge in [0.2, 0.25) is 5.67 Å². The molecule has 0 spiro atoms. The van der Waals surface area contributed by atoms with Gasteiger partial charge in [0.05, 0.1) is 0 Å². The highest BCUT2D eigenvalue weighted by atomic mass is 19.1. The minimum absolute atomic E-state index is 0.745. The van der Waals surface area contributed by atoms with Crippen molar-refractivity contribution in [3.63, 3.8) is 0 Å². The largest absolute Gasteiger partial charge is 0.479 e. The molecule has 0 radical (unpaired) electrons. The van der Waals surface area contributed by atoms with Crippen molar-refractivity contribution in [2.45, 2.75) is 12.6 Å². The van der Waals surface area contributed by atoms with Crippen LogP contribution >= 0.6 is 0 Å². The molecule has 1 atom stereocenters. The van der Waals surface area contributed by atoms with Crippen LogP contribution in [0.3, 0.4) is 0 Å². The second-order valence-corrected chi connectivity index (χ2v) is 1.58. The molecule has 2 nitrogen and oxygen atoms in total. The van der Waals surface area contributed by atoms with E-state index in [-0.39, 0.29) is 0 Å². The lowest BCUT2D eigenvalue weighted by atomic mass is 10.1. The van der Waals surface area contributed by atoms with E-state index in [0.29, 0.717) is 0 Å². The number of hydrogen-bond donors (Lipinski definition) is 1. The molecule has 0 aliphatic rings. The number of aliphatic carboxylic acids is 1. The van der Waals surface area contributed by atoms with E-state index in [0.717, 1.165) is 13.0 Å². The fourth-order valence-electron chi connectivity index (χ4n) is 0.0873. The summed E-state index contributed by atoms with van der Waals surface area (Å²) < 4.78 is 12.2. The molecule has 0 aliphatic heterocycles. The van der Waals surface area contributed by atoms with Crippen LogP contribution in [0.4, 0.5) is 4.39 Å². The zero-order valence-corrected chi connectivity index (χ0v) is 4.52. The van der Waals surface area contributed by atoms with Gasteiger partial charge in [-0.2, -0.15) is 0 Å². The van der Waals surface area contributed by atoms with Crippen LogP contribution in [0, 0.1) is 0 Å². The van der Waals surface area contributed by atoms with Crippen LogP contribution in [-0.2, 0) is 4.79 Å². The van der Waals surface area contributed by atoms with Crippen LogP contribution in [0.2, 0.25) is 0 Å². The van der Waals surface area contributed by atoms with Crippen LogP contribution < -0.4 is 0 Å². The highest BCUT2D eigenvalue weighted by Gasteiger charge is 2.27. The van der Waals surface area contributed by atoms with E-state index < -0.39 is 11.6 Å². The fraction of sp³-hybridized carbons (Fsp3) is 0.400. The quantitative estimate of drug-likeness (QED) is 0.549. The van der Waals surface area contributed by atoms with Crippen LogP contribution in [-0.4, -0.2) is 16.7 Å². The molecule has 0 aromatic carbocycles. The molecule has 0 saturated carbocycles. The molecular weight excluding hydrogens is 111 g/mol. The Bertz CT molecular complexity index is 118. The summed E-state index contributed by atoms with van der Waals surface area (Å²) in [6.07, 6.45) is 0.745. The van der Waals surface area contributed by atoms with Gasteiger partial charge in [-0.3, -0.25) is 0 Å². The zero-order valence-electron chi connectivity index (χ0n) is 4.52. The van der Waals surface area contributed by atoms with Gasteiger partial charge in [0, 0.05) is 0 Å². The van der Waals surface area contributed by atoms with Gasteiger partial charge in [0.15, 0.2) is 0 Å². The average Bonchev–Trinajstić information content (AvgIpc) is 1.67. The molecule has 0 rings (SSSR count). The van der Waals surface area contributed by atoms with Gasteiger partial charge in [-0.05, 0) is 13.0 Å². The number of rotatable bonds is 2. The van der Waals surface area contributed by atoms with Crippen molar-refractivity contribution in [3.05, 3.63) is 12.7 Å². The molecular formula is C5H7FO2. The van der Waals surface area contributed by atoms with Crippen molar-refractivity contribution >= 4 is 5.97 Å². The molecule has 1 N–H and O–H groups in total. The van der Waals surface area contributed by atoms with Crippen LogP contribution in [0.15, 0.2) is 12.7 Å². The first-order chi connectivity index (χ1) is 3.50. The lowest BCUT2D eigenvalue weighted by Crippen LogP contribution is -2.26. The second-order valence-electron chi connectivity index (χ2n) is 1.58. The van der Waals surface area contributed by atoms with Crippen molar-refractivity contribution in [1.82, 2.24) is 0 Å². The van der Waals surface area contributed by atoms with E-state index in [4.69, 9.17) is 5.11 Å². The zero-order chi connectivity index (χ0) is 6.78. The predicted molar refractivity (Wildman–Crippen MR) is 27.3 cm³/mol. The molecule has 8 heavy (non-hydrogen) atoms. The highest BCUT2D eigenvalue weighted by molar-refractivity contribution is 5.79. The summed E-state index contributed by atoms with van der Waals surface area (Å²) in [7, 11) is 0. The minimum Gasteiger partial charge on any atom is -0.479 e. The Labute approximate surface area is 46.6 Å². The third kappa shape index (κ3) is 1.33. The number of carboxylic acids is 1. The standard InChI is InChI=1S/C5H7FO2/c1-3-5(2,6)4(7)8/h3H,1H2,2H3,(H,7,8). The number of carbonyl (C=O) groups is 1. The van der Waals surface area contributed by atoms with Crippen molar-refractivity contribution < 1.29 is 14.3 Å². The highest BCUT2D eigenvalue weighted by Crippen LogP contribution is 2.09. The Balaban J connectivity index is 4.12. The van der Waals surface area contributed by atoms with Crippen LogP contribution in [0.1, 0.15) is 6.92 Å². The van der Waals surface area contributed by atoms with E-state index in [1.54, 1.807) is 0 Å². The third-order valence-corrected chi connectivity index (χ3v) is 0.802. The Morgan fingerprint density at radius 3 is 2.38 bits per heavy atom. The minimum atomic E-state index is -2.28. The van der Waals surface area contributed by atoms with Gasteiger partial charge in [0.25, 0.3) is 0 Å². The van der Waals surface area contributed by atoms with Crippen LogP contribution in [0.25, 0.3) is 0 Å². The monoisotopic (exact) mass is 118 g/mol. The van der Waals surface area contributed by atoms with Gasteiger partial charge in [-0.1, -0.05) is 6.58 Å². The van der Waals surface area contributed by atoms with Gasteiger partial charge in [0.1, 0.15) is 0 Å². The Hall–Kier alpha value is -0.860. The van der Waals surface area contributed by atoms with Gasteiger partial charge < -0.3 is 5.11 Å². The number of hydrogen-bond acceptors (Lipinski definition) is 1. The number of halogens is 1. The average molecular weight is 118 g/mol. The van der Waals surface area contributed by atoms with Gasteiger partial charge in [-0.25, -0.2) is 9.18 Å². The molecule has 0 aliphatic carbocycles. The van der Waals surface area contributed by atoms with E-state index in [1.807, 2.05) is 0 Å². The smallest absolute Gasteiger partial charge is 0.345 e.